The van der Waals surface area contributed by atoms with Crippen molar-refractivity contribution >= 4 is 18.3 Å². The fourth-order valence-electron chi connectivity index (χ4n) is 5.52. The molecule has 0 heterocycles. The van der Waals surface area contributed by atoms with Crippen LogP contribution in [0, 0.1) is 23.7 Å². The van der Waals surface area contributed by atoms with Crippen LogP contribution in [0.1, 0.15) is 37.7 Å². The van der Waals surface area contributed by atoms with Crippen LogP contribution in [-0.2, 0) is 11.2 Å². The molecule has 4 aliphatic carbocycles. The van der Waals surface area contributed by atoms with Crippen LogP contribution < -0.4 is 11.1 Å². The zero-order valence-electron chi connectivity index (χ0n) is 13.5. The van der Waals surface area contributed by atoms with E-state index in [-0.39, 0.29) is 24.4 Å². The number of nitrogens with one attached hydrogen (secondary N) is 1. The van der Waals surface area contributed by atoms with Gasteiger partial charge in [-0.3, -0.25) is 4.79 Å². The molecule has 4 heteroatoms. The number of carbonyl (C=O) groups is 1. The molecule has 1 aromatic carbocycles. The molecule has 0 unspecified atom stereocenters. The Bertz CT molecular complexity index is 520. The molecule has 0 aliphatic heterocycles. The average Bonchev–Trinajstić information content (AvgIpc) is 2.50. The Labute approximate surface area is 144 Å². The van der Waals surface area contributed by atoms with Crippen LogP contribution in [0.4, 0.5) is 0 Å². The molecule has 126 valence electrons. The summed E-state index contributed by atoms with van der Waals surface area (Å²) < 4.78 is 0. The Morgan fingerprint density at radius 3 is 2.13 bits per heavy atom. The molecule has 4 fully saturated rings. The van der Waals surface area contributed by atoms with Crippen molar-refractivity contribution in [3.63, 3.8) is 0 Å². The molecule has 4 saturated carbocycles. The molecule has 4 aliphatic rings. The molecule has 0 saturated heterocycles. The van der Waals surface area contributed by atoms with Crippen molar-refractivity contribution in [1.29, 1.82) is 0 Å². The minimum atomic E-state index is -0.232. The maximum Gasteiger partial charge on any atom is 0.234 e. The SMILES string of the molecule is Cl.NC(=O)[C@H](Cc1ccccc1)NC1C2CC3CC(C2)CC1C3. The van der Waals surface area contributed by atoms with Gasteiger partial charge in [0.25, 0.3) is 0 Å². The Hall–Kier alpha value is -1.06. The normalized spacial score (nSPS) is 35.6. The Kier molecular flexibility index (Phi) is 4.98. The van der Waals surface area contributed by atoms with E-state index in [0.717, 1.165) is 23.7 Å². The number of hydrogen-bond donors (Lipinski definition) is 2. The summed E-state index contributed by atoms with van der Waals surface area (Å²) in [5.41, 5.74) is 6.87. The van der Waals surface area contributed by atoms with Gasteiger partial charge in [0.1, 0.15) is 0 Å². The smallest absolute Gasteiger partial charge is 0.234 e. The van der Waals surface area contributed by atoms with Gasteiger partial charge in [-0.05, 0) is 67.8 Å². The van der Waals surface area contributed by atoms with E-state index in [2.05, 4.69) is 17.4 Å². The summed E-state index contributed by atoms with van der Waals surface area (Å²) in [6.45, 7) is 0. The predicted octanol–water partition coefficient (Wildman–Crippen LogP) is 2.92. The number of nitrogens with two attached hydrogens (primary N) is 1. The van der Waals surface area contributed by atoms with Gasteiger partial charge in [0.2, 0.25) is 5.91 Å². The van der Waals surface area contributed by atoms with Crippen molar-refractivity contribution in [2.24, 2.45) is 29.4 Å². The monoisotopic (exact) mass is 334 g/mol. The van der Waals surface area contributed by atoms with Gasteiger partial charge in [-0.2, -0.15) is 0 Å². The molecule has 1 aromatic rings. The van der Waals surface area contributed by atoms with Gasteiger partial charge in [-0.1, -0.05) is 30.3 Å². The lowest BCUT2D eigenvalue weighted by atomic mass is 9.54. The molecule has 3 nitrogen and oxygen atoms in total. The summed E-state index contributed by atoms with van der Waals surface area (Å²) in [7, 11) is 0. The zero-order valence-corrected chi connectivity index (χ0v) is 14.3. The fourth-order valence-corrected chi connectivity index (χ4v) is 5.52. The fraction of sp³-hybridized carbons (Fsp3) is 0.632. The summed E-state index contributed by atoms with van der Waals surface area (Å²) in [6.07, 6.45) is 7.62. The number of halogens is 1. The first-order valence-electron chi connectivity index (χ1n) is 8.78. The van der Waals surface area contributed by atoms with E-state index in [0.29, 0.717) is 12.5 Å². The molecular weight excluding hydrogens is 308 g/mol. The van der Waals surface area contributed by atoms with Crippen LogP contribution in [0.5, 0.6) is 0 Å². The number of carbonyl (C=O) groups excluding carboxylic acids is 1. The van der Waals surface area contributed by atoms with Crippen LogP contribution in [0.2, 0.25) is 0 Å². The third-order valence-electron chi connectivity index (χ3n) is 6.25. The van der Waals surface area contributed by atoms with Crippen molar-refractivity contribution in [2.75, 3.05) is 0 Å². The lowest BCUT2D eigenvalue weighted by Gasteiger charge is -2.55. The van der Waals surface area contributed by atoms with Crippen molar-refractivity contribution in [1.82, 2.24) is 5.32 Å². The van der Waals surface area contributed by atoms with E-state index < -0.39 is 0 Å². The molecule has 0 aromatic heterocycles. The Balaban J connectivity index is 0.00000156. The first-order chi connectivity index (χ1) is 10.7. The van der Waals surface area contributed by atoms with E-state index in [1.807, 2.05) is 18.2 Å². The van der Waals surface area contributed by atoms with Gasteiger partial charge in [-0.15, -0.1) is 12.4 Å². The van der Waals surface area contributed by atoms with Crippen molar-refractivity contribution in [2.45, 2.75) is 50.6 Å². The molecule has 1 atom stereocenters. The topological polar surface area (TPSA) is 55.1 Å². The molecule has 4 bridgehead atoms. The summed E-state index contributed by atoms with van der Waals surface area (Å²) in [4.78, 5) is 11.9. The number of hydrogen-bond acceptors (Lipinski definition) is 2. The minimum absolute atomic E-state index is 0. The predicted molar refractivity (Wildman–Crippen MR) is 94.3 cm³/mol. The molecule has 0 spiro atoms. The Morgan fingerprint density at radius 1 is 1.04 bits per heavy atom. The quantitative estimate of drug-likeness (QED) is 0.870. The molecule has 1 amide bonds. The van der Waals surface area contributed by atoms with Crippen LogP contribution >= 0.6 is 12.4 Å². The summed E-state index contributed by atoms with van der Waals surface area (Å²) in [5, 5.41) is 3.67. The van der Waals surface area contributed by atoms with Crippen LogP contribution in [0.15, 0.2) is 30.3 Å². The lowest BCUT2D eigenvalue weighted by Crippen LogP contribution is -2.59. The van der Waals surface area contributed by atoms with Crippen molar-refractivity contribution in [3.05, 3.63) is 35.9 Å². The molecular formula is C19H27ClN2O. The standard InChI is InChI=1S/C19H26N2O.ClH/c20-19(22)17(11-12-4-2-1-3-5-12)21-18-15-7-13-6-14(9-15)10-16(18)8-13;/h1-5,13-18,21H,6-11H2,(H2,20,22);1H/t13?,14?,15?,16?,17-,18?;/m0./s1. The van der Waals surface area contributed by atoms with E-state index >= 15 is 0 Å². The third kappa shape index (κ3) is 3.41. The van der Waals surface area contributed by atoms with E-state index in [1.54, 1.807) is 0 Å². The number of rotatable bonds is 5. The molecule has 23 heavy (non-hydrogen) atoms. The lowest BCUT2D eigenvalue weighted by molar-refractivity contribution is -0.121. The van der Waals surface area contributed by atoms with Crippen LogP contribution in [-0.4, -0.2) is 18.0 Å². The van der Waals surface area contributed by atoms with E-state index in [9.17, 15) is 4.79 Å². The highest BCUT2D eigenvalue weighted by Gasteiger charge is 2.48. The molecule has 3 N–H and O–H groups in total. The number of primary amides is 1. The molecule has 5 rings (SSSR count). The van der Waals surface area contributed by atoms with Gasteiger partial charge in [0.15, 0.2) is 0 Å². The highest BCUT2D eigenvalue weighted by Crippen LogP contribution is 2.53. The summed E-state index contributed by atoms with van der Waals surface area (Å²) >= 11 is 0. The number of amides is 1. The largest absolute Gasteiger partial charge is 0.368 e. The zero-order chi connectivity index (χ0) is 15.1. The second-order valence-electron chi connectivity index (χ2n) is 7.77. The first-order valence-corrected chi connectivity index (χ1v) is 8.78. The van der Waals surface area contributed by atoms with Gasteiger partial charge < -0.3 is 11.1 Å². The minimum Gasteiger partial charge on any atom is -0.368 e. The third-order valence-corrected chi connectivity index (χ3v) is 6.25. The van der Waals surface area contributed by atoms with Gasteiger partial charge in [-0.25, -0.2) is 0 Å². The van der Waals surface area contributed by atoms with Gasteiger partial charge in [0.05, 0.1) is 6.04 Å². The maximum atomic E-state index is 11.9. The van der Waals surface area contributed by atoms with E-state index in [1.165, 1.54) is 37.7 Å². The van der Waals surface area contributed by atoms with Crippen LogP contribution in [0.3, 0.4) is 0 Å². The molecule has 0 radical (unpaired) electrons. The van der Waals surface area contributed by atoms with Crippen LogP contribution in [0.25, 0.3) is 0 Å². The van der Waals surface area contributed by atoms with E-state index in [4.69, 9.17) is 5.73 Å². The highest BCUT2D eigenvalue weighted by atomic mass is 35.5. The van der Waals surface area contributed by atoms with Gasteiger partial charge in [0, 0.05) is 6.04 Å². The second-order valence-corrected chi connectivity index (χ2v) is 7.77. The average molecular weight is 335 g/mol. The van der Waals surface area contributed by atoms with Crippen molar-refractivity contribution in [3.8, 4) is 0 Å². The second kappa shape index (κ2) is 6.82. The summed E-state index contributed by atoms with van der Waals surface area (Å²) in [5.74, 6) is 3.25. The number of benzene rings is 1. The first kappa shape index (κ1) is 16.8. The summed E-state index contributed by atoms with van der Waals surface area (Å²) in [6, 6.07) is 10.5. The Morgan fingerprint density at radius 2 is 1.61 bits per heavy atom. The van der Waals surface area contributed by atoms with Crippen molar-refractivity contribution < 1.29 is 4.79 Å². The highest BCUT2D eigenvalue weighted by molar-refractivity contribution is 5.85. The maximum absolute atomic E-state index is 11.9. The van der Waals surface area contributed by atoms with Gasteiger partial charge >= 0.3 is 0 Å².